The number of aromatic nitrogens is 3. The Morgan fingerprint density at radius 2 is 1.93 bits per heavy atom. The van der Waals surface area contributed by atoms with E-state index in [4.69, 9.17) is 0 Å². The van der Waals surface area contributed by atoms with Gasteiger partial charge < -0.3 is 15.6 Å². The average molecular weight is 392 g/mol. The lowest BCUT2D eigenvalue weighted by atomic mass is 10.1. The lowest BCUT2D eigenvalue weighted by Gasteiger charge is -2.16. The Labute approximate surface area is 171 Å². The summed E-state index contributed by atoms with van der Waals surface area (Å²) in [5, 5.41) is 7.69. The van der Waals surface area contributed by atoms with Gasteiger partial charge in [0.15, 0.2) is 0 Å². The number of rotatable bonds is 6. The highest BCUT2D eigenvalue weighted by Gasteiger charge is 2.17. The molecule has 1 aromatic carbocycles. The number of nitrogens with one attached hydrogen (secondary N) is 3. The van der Waals surface area contributed by atoms with Crippen LogP contribution in [0.5, 0.6) is 0 Å². The highest BCUT2D eigenvalue weighted by molar-refractivity contribution is 5.92. The van der Waals surface area contributed by atoms with Crippen LogP contribution >= 0.6 is 0 Å². The predicted molar refractivity (Wildman–Crippen MR) is 116 cm³/mol. The van der Waals surface area contributed by atoms with E-state index >= 15 is 0 Å². The van der Waals surface area contributed by atoms with Crippen LogP contribution in [0.15, 0.2) is 36.5 Å². The fourth-order valence-corrected chi connectivity index (χ4v) is 4.09. The first-order valence-electron chi connectivity index (χ1n) is 10.6. The number of anilines is 1. The molecule has 29 heavy (non-hydrogen) atoms. The van der Waals surface area contributed by atoms with Crippen molar-refractivity contribution in [3.05, 3.63) is 53.5 Å². The Bertz CT molecular complexity index is 972. The monoisotopic (exact) mass is 391 g/mol. The van der Waals surface area contributed by atoms with Gasteiger partial charge in [-0.1, -0.05) is 43.9 Å². The third-order valence-corrected chi connectivity index (χ3v) is 5.63. The van der Waals surface area contributed by atoms with Crippen LogP contribution in [0.4, 0.5) is 5.95 Å². The standard InChI is InChI=1S/C23H29N5O/c1-16-14-21(22(29)27-18-8-4-2-3-5-9-18)28-23(26-16)24-13-12-17-15-25-20-11-7-6-10-19(17)20/h6-7,10-11,14-15,18,25H,2-5,8-9,12-13H2,1H3,(H,27,29)(H,24,26,28). The minimum absolute atomic E-state index is 0.0953. The molecule has 3 aromatic rings. The normalized spacial score (nSPS) is 15.2. The number of nitrogens with zero attached hydrogens (tertiary/aromatic N) is 2. The summed E-state index contributed by atoms with van der Waals surface area (Å²) in [6.45, 7) is 2.60. The van der Waals surface area contributed by atoms with Gasteiger partial charge >= 0.3 is 0 Å². The molecular weight excluding hydrogens is 362 g/mol. The van der Waals surface area contributed by atoms with Crippen molar-refractivity contribution in [2.24, 2.45) is 0 Å². The van der Waals surface area contributed by atoms with Crippen LogP contribution in [0, 0.1) is 6.92 Å². The number of carbonyl (C=O) groups is 1. The van der Waals surface area contributed by atoms with Crippen LogP contribution in [0.25, 0.3) is 10.9 Å². The average Bonchev–Trinajstić information content (AvgIpc) is 2.95. The van der Waals surface area contributed by atoms with Crippen LogP contribution in [0.3, 0.4) is 0 Å². The highest BCUT2D eigenvalue weighted by Crippen LogP contribution is 2.19. The molecule has 6 nitrogen and oxygen atoms in total. The van der Waals surface area contributed by atoms with Gasteiger partial charge in [-0.3, -0.25) is 4.79 Å². The van der Waals surface area contributed by atoms with Gasteiger partial charge in [-0.25, -0.2) is 9.97 Å². The van der Waals surface area contributed by atoms with E-state index in [1.807, 2.05) is 13.0 Å². The van der Waals surface area contributed by atoms with Crippen molar-refractivity contribution >= 4 is 22.8 Å². The summed E-state index contributed by atoms with van der Waals surface area (Å²) in [6, 6.07) is 10.3. The Balaban J connectivity index is 1.38. The second kappa shape index (κ2) is 9.07. The third kappa shape index (κ3) is 4.94. The highest BCUT2D eigenvalue weighted by atomic mass is 16.1. The summed E-state index contributed by atoms with van der Waals surface area (Å²) < 4.78 is 0. The second-order valence-electron chi connectivity index (χ2n) is 7.92. The topological polar surface area (TPSA) is 82.7 Å². The number of amides is 1. The summed E-state index contributed by atoms with van der Waals surface area (Å²) in [5.41, 5.74) is 3.64. The first kappa shape index (κ1) is 19.4. The fourth-order valence-electron chi connectivity index (χ4n) is 4.09. The largest absolute Gasteiger partial charge is 0.361 e. The van der Waals surface area contributed by atoms with Gasteiger partial charge in [0.05, 0.1) is 0 Å². The van der Waals surface area contributed by atoms with E-state index in [-0.39, 0.29) is 11.9 Å². The van der Waals surface area contributed by atoms with Crippen molar-refractivity contribution in [2.75, 3.05) is 11.9 Å². The minimum Gasteiger partial charge on any atom is -0.361 e. The molecule has 1 saturated carbocycles. The quantitative estimate of drug-likeness (QED) is 0.545. The van der Waals surface area contributed by atoms with Crippen LogP contribution in [0.1, 0.15) is 60.3 Å². The number of carbonyl (C=O) groups excluding carboxylic acids is 1. The van der Waals surface area contributed by atoms with Gasteiger partial charge in [0.2, 0.25) is 5.95 Å². The Hall–Kier alpha value is -2.89. The third-order valence-electron chi connectivity index (χ3n) is 5.63. The summed E-state index contributed by atoms with van der Waals surface area (Å²) in [7, 11) is 0. The van der Waals surface area contributed by atoms with Crippen LogP contribution in [-0.2, 0) is 6.42 Å². The van der Waals surface area contributed by atoms with Gasteiger partial charge in [0, 0.05) is 35.4 Å². The van der Waals surface area contributed by atoms with Crippen LogP contribution in [0.2, 0.25) is 0 Å². The molecule has 1 aliphatic carbocycles. The fraction of sp³-hybridized carbons (Fsp3) is 0.435. The summed E-state index contributed by atoms with van der Waals surface area (Å²) in [4.78, 5) is 24.9. The van der Waals surface area contributed by atoms with Crippen molar-refractivity contribution in [2.45, 2.75) is 57.9 Å². The Kier molecular flexibility index (Phi) is 6.08. The number of aromatic amines is 1. The molecule has 0 saturated heterocycles. The van der Waals surface area contributed by atoms with Crippen LogP contribution in [-0.4, -0.2) is 33.4 Å². The molecule has 2 aromatic heterocycles. The van der Waals surface area contributed by atoms with Crippen molar-refractivity contribution in [3.8, 4) is 0 Å². The lowest BCUT2D eigenvalue weighted by Crippen LogP contribution is -2.35. The number of fused-ring (bicyclic) bond motifs is 1. The number of para-hydroxylation sites is 1. The van der Waals surface area contributed by atoms with E-state index in [2.05, 4.69) is 50.0 Å². The molecule has 4 rings (SSSR count). The number of H-pyrrole nitrogens is 1. The molecule has 0 radical (unpaired) electrons. The molecule has 6 heteroatoms. The van der Waals surface area contributed by atoms with E-state index in [1.165, 1.54) is 36.6 Å². The number of hydrogen-bond acceptors (Lipinski definition) is 4. The van der Waals surface area contributed by atoms with E-state index in [1.54, 1.807) is 6.07 Å². The molecule has 2 heterocycles. The Morgan fingerprint density at radius 3 is 2.76 bits per heavy atom. The maximum Gasteiger partial charge on any atom is 0.270 e. The van der Waals surface area contributed by atoms with E-state index in [0.717, 1.165) is 30.5 Å². The molecule has 0 atom stereocenters. The van der Waals surface area contributed by atoms with Crippen molar-refractivity contribution in [3.63, 3.8) is 0 Å². The Morgan fingerprint density at radius 1 is 1.14 bits per heavy atom. The van der Waals surface area contributed by atoms with E-state index in [0.29, 0.717) is 18.2 Å². The first-order valence-corrected chi connectivity index (χ1v) is 10.6. The molecule has 0 aliphatic heterocycles. The maximum atomic E-state index is 12.7. The van der Waals surface area contributed by atoms with E-state index in [9.17, 15) is 4.79 Å². The van der Waals surface area contributed by atoms with Gasteiger partial charge in [-0.05, 0) is 43.9 Å². The molecule has 1 fully saturated rings. The predicted octanol–water partition coefficient (Wildman–Crippen LogP) is 4.37. The molecule has 152 valence electrons. The minimum atomic E-state index is -0.0953. The maximum absolute atomic E-state index is 12.7. The zero-order valence-electron chi connectivity index (χ0n) is 17.0. The van der Waals surface area contributed by atoms with Gasteiger partial charge in [0.25, 0.3) is 5.91 Å². The molecule has 0 spiro atoms. The smallest absolute Gasteiger partial charge is 0.270 e. The molecule has 1 amide bonds. The summed E-state index contributed by atoms with van der Waals surface area (Å²) >= 11 is 0. The van der Waals surface area contributed by atoms with Crippen molar-refractivity contribution in [1.82, 2.24) is 20.3 Å². The number of benzene rings is 1. The van der Waals surface area contributed by atoms with Gasteiger partial charge in [0.1, 0.15) is 5.69 Å². The summed E-state index contributed by atoms with van der Waals surface area (Å²) in [6.07, 6.45) is 9.94. The zero-order chi connectivity index (χ0) is 20.1. The molecule has 1 aliphatic rings. The molecule has 3 N–H and O–H groups in total. The second-order valence-corrected chi connectivity index (χ2v) is 7.92. The molecular formula is C23H29N5O. The van der Waals surface area contributed by atoms with Crippen molar-refractivity contribution < 1.29 is 4.79 Å². The van der Waals surface area contributed by atoms with Gasteiger partial charge in [-0.15, -0.1) is 0 Å². The number of aryl methyl sites for hydroxylation is 1. The first-order chi connectivity index (χ1) is 14.2. The molecule has 0 bridgehead atoms. The van der Waals surface area contributed by atoms with E-state index < -0.39 is 0 Å². The summed E-state index contributed by atoms with van der Waals surface area (Å²) in [5.74, 6) is 0.415. The lowest BCUT2D eigenvalue weighted by molar-refractivity contribution is 0.0928. The SMILES string of the molecule is Cc1cc(C(=O)NC2CCCCCC2)nc(NCCc2c[nH]c3ccccc23)n1. The molecule has 0 unspecified atom stereocenters. The van der Waals surface area contributed by atoms with Crippen LogP contribution < -0.4 is 10.6 Å². The number of hydrogen-bond donors (Lipinski definition) is 3. The van der Waals surface area contributed by atoms with Crippen molar-refractivity contribution in [1.29, 1.82) is 0 Å². The van der Waals surface area contributed by atoms with Gasteiger partial charge in [-0.2, -0.15) is 0 Å². The zero-order valence-corrected chi connectivity index (χ0v) is 17.0.